The van der Waals surface area contributed by atoms with Gasteiger partial charge in [0.05, 0.1) is 17.4 Å². The van der Waals surface area contributed by atoms with Crippen LogP contribution in [0, 0.1) is 5.92 Å². The smallest absolute Gasteiger partial charge is 0.255 e. The number of pyridine rings is 1. The summed E-state index contributed by atoms with van der Waals surface area (Å²) >= 11 is 0. The Labute approximate surface area is 126 Å². The maximum absolute atomic E-state index is 12.6. The Kier molecular flexibility index (Phi) is 5.99. The van der Waals surface area contributed by atoms with E-state index in [1.807, 2.05) is 11.9 Å². The molecule has 1 aromatic rings. The molecule has 1 fully saturated rings. The molecule has 116 valence electrons. The molecule has 0 radical (unpaired) electrons. The van der Waals surface area contributed by atoms with Crippen LogP contribution in [0.5, 0.6) is 0 Å². The molecule has 1 amide bonds. The number of aromatic nitrogens is 1. The number of rotatable bonds is 6. The standard InChI is InChI=1S/C16H25N3O2/c1-3-7-18-15-11-17-8-4-14(15)16(20)19(2)12-13-5-9-21-10-6-13/h4,8,11,13,18H,3,5-7,9-10,12H2,1-2H3. The van der Waals surface area contributed by atoms with Gasteiger partial charge in [0.1, 0.15) is 0 Å². The predicted octanol–water partition coefficient (Wildman–Crippen LogP) is 2.40. The number of carbonyl (C=O) groups excluding carboxylic acids is 1. The van der Waals surface area contributed by atoms with Gasteiger partial charge in [-0.1, -0.05) is 6.92 Å². The zero-order chi connectivity index (χ0) is 15.1. The van der Waals surface area contributed by atoms with Crippen LogP contribution < -0.4 is 5.32 Å². The van der Waals surface area contributed by atoms with Gasteiger partial charge in [-0.05, 0) is 31.2 Å². The predicted molar refractivity (Wildman–Crippen MR) is 83.5 cm³/mol. The second kappa shape index (κ2) is 7.98. The first kappa shape index (κ1) is 15.8. The highest BCUT2D eigenvalue weighted by Crippen LogP contribution is 2.19. The summed E-state index contributed by atoms with van der Waals surface area (Å²) in [7, 11) is 1.88. The summed E-state index contributed by atoms with van der Waals surface area (Å²) in [6, 6.07) is 1.79. The van der Waals surface area contributed by atoms with E-state index in [0.717, 1.165) is 51.3 Å². The fraction of sp³-hybridized carbons (Fsp3) is 0.625. The van der Waals surface area contributed by atoms with Crippen molar-refractivity contribution in [2.45, 2.75) is 26.2 Å². The highest BCUT2D eigenvalue weighted by Gasteiger charge is 2.21. The molecule has 2 heterocycles. The maximum atomic E-state index is 12.6. The Morgan fingerprint density at radius 1 is 1.48 bits per heavy atom. The molecule has 2 rings (SSSR count). The van der Waals surface area contributed by atoms with E-state index in [-0.39, 0.29) is 5.91 Å². The molecule has 0 bridgehead atoms. The summed E-state index contributed by atoms with van der Waals surface area (Å²) in [6.07, 6.45) is 6.49. The van der Waals surface area contributed by atoms with Crippen LogP contribution >= 0.6 is 0 Å². The first-order valence-electron chi connectivity index (χ1n) is 7.73. The second-order valence-corrected chi connectivity index (χ2v) is 5.59. The summed E-state index contributed by atoms with van der Waals surface area (Å²) in [5.74, 6) is 0.601. The number of ether oxygens (including phenoxy) is 1. The molecule has 0 aliphatic carbocycles. The van der Waals surface area contributed by atoms with Gasteiger partial charge in [-0.3, -0.25) is 9.78 Å². The van der Waals surface area contributed by atoms with Crippen molar-refractivity contribution in [3.05, 3.63) is 24.0 Å². The van der Waals surface area contributed by atoms with E-state index >= 15 is 0 Å². The molecule has 1 N–H and O–H groups in total. The van der Waals surface area contributed by atoms with E-state index in [1.165, 1.54) is 0 Å². The number of nitrogens with one attached hydrogen (secondary N) is 1. The van der Waals surface area contributed by atoms with Gasteiger partial charge in [-0.25, -0.2) is 0 Å². The van der Waals surface area contributed by atoms with Crippen molar-refractivity contribution in [1.82, 2.24) is 9.88 Å². The molecule has 0 aromatic carbocycles. The number of amides is 1. The first-order valence-corrected chi connectivity index (χ1v) is 7.73. The van der Waals surface area contributed by atoms with Gasteiger partial charge >= 0.3 is 0 Å². The van der Waals surface area contributed by atoms with Gasteiger partial charge < -0.3 is 15.0 Å². The normalized spacial score (nSPS) is 15.7. The zero-order valence-electron chi connectivity index (χ0n) is 13.0. The number of nitrogens with zero attached hydrogens (tertiary/aromatic N) is 2. The van der Waals surface area contributed by atoms with Crippen LogP contribution in [0.4, 0.5) is 5.69 Å². The van der Waals surface area contributed by atoms with Crippen LogP contribution in [0.1, 0.15) is 36.5 Å². The van der Waals surface area contributed by atoms with Gasteiger partial charge in [0.25, 0.3) is 5.91 Å². The van der Waals surface area contributed by atoms with E-state index in [2.05, 4.69) is 17.2 Å². The molecule has 0 unspecified atom stereocenters. The molecular formula is C16H25N3O2. The lowest BCUT2D eigenvalue weighted by molar-refractivity contribution is 0.0497. The van der Waals surface area contributed by atoms with Crippen LogP contribution in [0.3, 0.4) is 0 Å². The van der Waals surface area contributed by atoms with Crippen molar-refractivity contribution in [2.75, 3.05) is 38.7 Å². The molecule has 0 atom stereocenters. The Morgan fingerprint density at radius 2 is 2.24 bits per heavy atom. The maximum Gasteiger partial charge on any atom is 0.255 e. The van der Waals surface area contributed by atoms with E-state index in [0.29, 0.717) is 11.5 Å². The van der Waals surface area contributed by atoms with Gasteiger partial charge in [-0.15, -0.1) is 0 Å². The number of carbonyl (C=O) groups is 1. The molecule has 1 saturated heterocycles. The molecule has 0 spiro atoms. The third-order valence-corrected chi connectivity index (χ3v) is 3.84. The van der Waals surface area contributed by atoms with Crippen LogP contribution in [0.25, 0.3) is 0 Å². The second-order valence-electron chi connectivity index (χ2n) is 5.59. The quantitative estimate of drug-likeness (QED) is 0.874. The Hall–Kier alpha value is -1.62. The lowest BCUT2D eigenvalue weighted by Gasteiger charge is -2.27. The minimum absolute atomic E-state index is 0.0579. The van der Waals surface area contributed by atoms with Crippen molar-refractivity contribution < 1.29 is 9.53 Å². The van der Waals surface area contributed by atoms with Gasteiger partial charge in [-0.2, -0.15) is 0 Å². The minimum Gasteiger partial charge on any atom is -0.383 e. The fourth-order valence-electron chi connectivity index (χ4n) is 2.59. The zero-order valence-corrected chi connectivity index (χ0v) is 13.0. The average molecular weight is 291 g/mol. The van der Waals surface area contributed by atoms with Crippen molar-refractivity contribution in [3.8, 4) is 0 Å². The Balaban J connectivity index is 2.00. The lowest BCUT2D eigenvalue weighted by atomic mass is 9.99. The van der Waals surface area contributed by atoms with Crippen LogP contribution in [-0.2, 0) is 4.74 Å². The SMILES string of the molecule is CCCNc1cnccc1C(=O)N(C)CC1CCOCC1. The molecule has 5 heteroatoms. The Morgan fingerprint density at radius 3 is 2.95 bits per heavy atom. The average Bonchev–Trinajstić information content (AvgIpc) is 2.53. The number of hydrogen-bond acceptors (Lipinski definition) is 4. The van der Waals surface area contributed by atoms with Crippen LogP contribution in [0.15, 0.2) is 18.5 Å². The molecule has 1 aliphatic heterocycles. The lowest BCUT2D eigenvalue weighted by Crippen LogP contribution is -2.34. The summed E-state index contributed by atoms with van der Waals surface area (Å²) in [5.41, 5.74) is 1.52. The third-order valence-electron chi connectivity index (χ3n) is 3.84. The van der Waals surface area contributed by atoms with Gasteiger partial charge in [0, 0.05) is 39.5 Å². The Bertz CT molecular complexity index is 459. The fourth-order valence-corrected chi connectivity index (χ4v) is 2.59. The number of anilines is 1. The van der Waals surface area contributed by atoms with Crippen molar-refractivity contribution in [2.24, 2.45) is 5.92 Å². The largest absolute Gasteiger partial charge is 0.383 e. The van der Waals surface area contributed by atoms with Gasteiger partial charge in [0.15, 0.2) is 0 Å². The van der Waals surface area contributed by atoms with Crippen molar-refractivity contribution in [1.29, 1.82) is 0 Å². The van der Waals surface area contributed by atoms with E-state index in [1.54, 1.807) is 18.5 Å². The first-order chi connectivity index (χ1) is 10.2. The van der Waals surface area contributed by atoms with E-state index < -0.39 is 0 Å². The van der Waals surface area contributed by atoms with E-state index in [4.69, 9.17) is 4.74 Å². The summed E-state index contributed by atoms with van der Waals surface area (Å²) in [5, 5.41) is 3.27. The molecule has 5 nitrogen and oxygen atoms in total. The van der Waals surface area contributed by atoms with Crippen molar-refractivity contribution in [3.63, 3.8) is 0 Å². The van der Waals surface area contributed by atoms with Crippen molar-refractivity contribution >= 4 is 11.6 Å². The number of hydrogen-bond donors (Lipinski definition) is 1. The van der Waals surface area contributed by atoms with Gasteiger partial charge in [0.2, 0.25) is 0 Å². The highest BCUT2D eigenvalue weighted by molar-refractivity contribution is 5.99. The molecule has 1 aliphatic rings. The molecule has 21 heavy (non-hydrogen) atoms. The topological polar surface area (TPSA) is 54.5 Å². The molecular weight excluding hydrogens is 266 g/mol. The van der Waals surface area contributed by atoms with Crippen LogP contribution in [-0.4, -0.2) is 49.1 Å². The third kappa shape index (κ3) is 4.43. The summed E-state index contributed by atoms with van der Waals surface area (Å²) in [6.45, 7) is 5.35. The monoisotopic (exact) mass is 291 g/mol. The summed E-state index contributed by atoms with van der Waals surface area (Å²) in [4.78, 5) is 18.6. The summed E-state index contributed by atoms with van der Waals surface area (Å²) < 4.78 is 5.37. The highest BCUT2D eigenvalue weighted by atomic mass is 16.5. The molecule has 0 saturated carbocycles. The minimum atomic E-state index is 0.0579. The van der Waals surface area contributed by atoms with Crippen LogP contribution in [0.2, 0.25) is 0 Å². The molecule has 1 aromatic heterocycles. The van der Waals surface area contributed by atoms with E-state index in [9.17, 15) is 4.79 Å².